The molecule has 7 heteroatoms. The molecule has 0 radical (unpaired) electrons. The summed E-state index contributed by atoms with van der Waals surface area (Å²) in [6, 6.07) is 15.8. The Morgan fingerprint density at radius 2 is 1.91 bits per heavy atom. The SMILES string of the molecule is CCc1ccc(-n2c(SCC(=O)Nc3ccccc3C)nc3c(c2=O)[C@@H]2CCCC[C@@H]2S3)cc1. The second-order valence-electron chi connectivity index (χ2n) is 8.97. The van der Waals surface area contributed by atoms with E-state index in [1.807, 2.05) is 43.3 Å². The lowest BCUT2D eigenvalue weighted by molar-refractivity contribution is -0.113. The number of anilines is 1. The van der Waals surface area contributed by atoms with Crippen LogP contribution in [0.1, 0.15) is 55.2 Å². The zero-order valence-corrected chi connectivity index (χ0v) is 21.2. The van der Waals surface area contributed by atoms with Gasteiger partial charge in [0.15, 0.2) is 5.16 Å². The highest BCUT2D eigenvalue weighted by Crippen LogP contribution is 2.50. The lowest BCUT2D eigenvalue weighted by Crippen LogP contribution is -2.29. The first-order chi connectivity index (χ1) is 16.5. The number of benzene rings is 2. The van der Waals surface area contributed by atoms with E-state index in [2.05, 4.69) is 24.4 Å². The summed E-state index contributed by atoms with van der Waals surface area (Å²) in [6.07, 6.45) is 5.52. The van der Waals surface area contributed by atoms with E-state index < -0.39 is 0 Å². The zero-order chi connectivity index (χ0) is 23.7. The van der Waals surface area contributed by atoms with Gasteiger partial charge in [-0.25, -0.2) is 4.98 Å². The van der Waals surface area contributed by atoms with E-state index in [0.717, 1.165) is 46.8 Å². The number of para-hydroxylation sites is 1. The summed E-state index contributed by atoms with van der Waals surface area (Å²) < 4.78 is 1.72. The third-order valence-corrected chi connectivity index (χ3v) is 9.08. The summed E-state index contributed by atoms with van der Waals surface area (Å²) in [7, 11) is 0. The molecule has 0 saturated heterocycles. The first kappa shape index (κ1) is 23.2. The Morgan fingerprint density at radius 3 is 2.68 bits per heavy atom. The number of aromatic nitrogens is 2. The topological polar surface area (TPSA) is 64.0 Å². The highest BCUT2D eigenvalue weighted by molar-refractivity contribution is 8.00. The maximum absolute atomic E-state index is 13.9. The van der Waals surface area contributed by atoms with Crippen LogP contribution in [-0.4, -0.2) is 26.5 Å². The highest BCUT2D eigenvalue weighted by atomic mass is 32.2. The fourth-order valence-corrected chi connectivity index (χ4v) is 7.23. The first-order valence-electron chi connectivity index (χ1n) is 12.0. The van der Waals surface area contributed by atoms with Crippen molar-refractivity contribution < 1.29 is 4.79 Å². The minimum Gasteiger partial charge on any atom is -0.325 e. The monoisotopic (exact) mass is 491 g/mol. The molecule has 2 aliphatic rings. The minimum atomic E-state index is -0.108. The van der Waals surface area contributed by atoms with Crippen molar-refractivity contribution in [2.75, 3.05) is 11.1 Å². The molecule has 2 aromatic carbocycles. The normalized spacial score (nSPS) is 18.9. The number of thioether (sulfide) groups is 2. The summed E-state index contributed by atoms with van der Waals surface area (Å²) in [6.45, 7) is 4.09. The number of hydrogen-bond acceptors (Lipinski definition) is 5. The van der Waals surface area contributed by atoms with Gasteiger partial charge in [0, 0.05) is 16.9 Å². The summed E-state index contributed by atoms with van der Waals surface area (Å²) in [4.78, 5) is 31.6. The fraction of sp³-hybridized carbons (Fsp3) is 0.370. The molecule has 1 fully saturated rings. The van der Waals surface area contributed by atoms with Crippen LogP contribution >= 0.6 is 23.5 Å². The lowest BCUT2D eigenvalue weighted by Gasteiger charge is -2.24. The average Bonchev–Trinajstić information content (AvgIpc) is 3.23. The third kappa shape index (κ3) is 4.56. The Morgan fingerprint density at radius 1 is 1.15 bits per heavy atom. The van der Waals surface area contributed by atoms with Crippen LogP contribution in [0.2, 0.25) is 0 Å². The molecule has 0 spiro atoms. The Kier molecular flexibility index (Phi) is 6.84. The fourth-order valence-electron chi connectivity index (χ4n) is 4.85. The van der Waals surface area contributed by atoms with Crippen molar-refractivity contribution >= 4 is 35.1 Å². The molecule has 0 unspecified atom stereocenters. The van der Waals surface area contributed by atoms with Gasteiger partial charge in [0.05, 0.1) is 17.0 Å². The molecule has 1 amide bonds. The summed E-state index contributed by atoms with van der Waals surface area (Å²) >= 11 is 3.08. The van der Waals surface area contributed by atoms with Crippen molar-refractivity contribution in [2.45, 2.75) is 67.3 Å². The molecule has 2 heterocycles. The van der Waals surface area contributed by atoms with E-state index in [1.165, 1.54) is 30.2 Å². The summed E-state index contributed by atoms with van der Waals surface area (Å²) in [5.41, 5.74) is 4.76. The average molecular weight is 492 g/mol. The zero-order valence-electron chi connectivity index (χ0n) is 19.5. The Balaban J connectivity index is 1.48. The molecule has 176 valence electrons. The van der Waals surface area contributed by atoms with E-state index in [-0.39, 0.29) is 17.2 Å². The van der Waals surface area contributed by atoms with Crippen molar-refractivity contribution in [1.29, 1.82) is 0 Å². The predicted molar refractivity (Wildman–Crippen MR) is 141 cm³/mol. The molecule has 2 atom stereocenters. The number of aryl methyl sites for hydroxylation is 2. The minimum absolute atomic E-state index is 0.0259. The van der Waals surface area contributed by atoms with Crippen LogP contribution in [0.15, 0.2) is 63.5 Å². The van der Waals surface area contributed by atoms with Crippen LogP contribution in [0, 0.1) is 6.92 Å². The van der Waals surface area contributed by atoms with Crippen molar-refractivity contribution in [3.05, 3.63) is 75.6 Å². The molecule has 1 aliphatic heterocycles. The van der Waals surface area contributed by atoms with Crippen LogP contribution in [-0.2, 0) is 11.2 Å². The Labute approximate surface area is 208 Å². The first-order valence-corrected chi connectivity index (χ1v) is 13.8. The van der Waals surface area contributed by atoms with Crippen LogP contribution in [0.25, 0.3) is 5.69 Å². The van der Waals surface area contributed by atoms with Gasteiger partial charge in [0.25, 0.3) is 5.56 Å². The molecule has 3 aromatic rings. The molecule has 1 N–H and O–H groups in total. The van der Waals surface area contributed by atoms with E-state index in [1.54, 1.807) is 16.3 Å². The standard InChI is InChI=1S/C27H29N3O2S2/c1-3-18-12-14-19(15-13-18)30-26(32)24-20-9-5-7-11-22(20)34-25(24)29-27(30)33-16-23(31)28-21-10-6-4-8-17(21)2/h4,6,8,10,12-15,20,22H,3,5,7,9,11,16H2,1-2H3,(H,28,31)/t20-,22+/m1/s1. The molecule has 1 saturated carbocycles. The molecule has 5 nitrogen and oxygen atoms in total. The smallest absolute Gasteiger partial charge is 0.263 e. The molecule has 34 heavy (non-hydrogen) atoms. The van der Waals surface area contributed by atoms with Gasteiger partial charge >= 0.3 is 0 Å². The van der Waals surface area contributed by atoms with Gasteiger partial charge in [-0.05, 0) is 55.5 Å². The van der Waals surface area contributed by atoms with Crippen molar-refractivity contribution in [2.24, 2.45) is 0 Å². The quantitative estimate of drug-likeness (QED) is 0.262. The molecule has 5 rings (SSSR count). The molecular weight excluding hydrogens is 462 g/mol. The molecule has 0 bridgehead atoms. The maximum atomic E-state index is 13.9. The number of rotatable bonds is 6. The van der Waals surface area contributed by atoms with Crippen molar-refractivity contribution in [3.63, 3.8) is 0 Å². The van der Waals surface area contributed by atoms with Crippen LogP contribution < -0.4 is 10.9 Å². The van der Waals surface area contributed by atoms with Gasteiger partial charge < -0.3 is 5.32 Å². The highest BCUT2D eigenvalue weighted by Gasteiger charge is 2.39. The Bertz CT molecular complexity index is 1270. The van der Waals surface area contributed by atoms with E-state index in [0.29, 0.717) is 16.3 Å². The number of carbonyl (C=O) groups excluding carboxylic acids is 1. The van der Waals surface area contributed by atoms with Crippen LogP contribution in [0.5, 0.6) is 0 Å². The second kappa shape index (κ2) is 10.0. The van der Waals surface area contributed by atoms with Crippen LogP contribution in [0.3, 0.4) is 0 Å². The van der Waals surface area contributed by atoms with E-state index in [4.69, 9.17) is 4.98 Å². The maximum Gasteiger partial charge on any atom is 0.263 e. The van der Waals surface area contributed by atoms with E-state index >= 15 is 0 Å². The second-order valence-corrected chi connectivity index (χ2v) is 11.1. The predicted octanol–water partition coefficient (Wildman–Crippen LogP) is 5.97. The summed E-state index contributed by atoms with van der Waals surface area (Å²) in [5.74, 6) is 0.367. The molecule has 1 aliphatic carbocycles. The molecular formula is C27H29N3O2S2. The van der Waals surface area contributed by atoms with Gasteiger partial charge in [-0.2, -0.15) is 0 Å². The third-order valence-electron chi connectivity index (χ3n) is 6.74. The van der Waals surface area contributed by atoms with Crippen molar-refractivity contribution in [1.82, 2.24) is 9.55 Å². The number of carbonyl (C=O) groups is 1. The van der Waals surface area contributed by atoms with Gasteiger partial charge in [0.2, 0.25) is 5.91 Å². The molecule has 1 aromatic heterocycles. The number of amides is 1. The number of nitrogens with zero attached hydrogens (tertiary/aromatic N) is 2. The van der Waals surface area contributed by atoms with E-state index in [9.17, 15) is 9.59 Å². The number of fused-ring (bicyclic) bond motifs is 3. The lowest BCUT2D eigenvalue weighted by atomic mass is 9.85. The van der Waals surface area contributed by atoms with Gasteiger partial charge in [-0.3, -0.25) is 14.2 Å². The largest absolute Gasteiger partial charge is 0.325 e. The Hall–Kier alpha value is -2.51. The summed E-state index contributed by atoms with van der Waals surface area (Å²) in [5, 5.41) is 4.88. The van der Waals surface area contributed by atoms with Gasteiger partial charge in [0.1, 0.15) is 5.03 Å². The van der Waals surface area contributed by atoms with Gasteiger partial charge in [-0.15, -0.1) is 11.8 Å². The number of nitrogens with one attached hydrogen (secondary N) is 1. The number of hydrogen-bond donors (Lipinski definition) is 1. The van der Waals surface area contributed by atoms with Gasteiger partial charge in [-0.1, -0.05) is 61.9 Å². The van der Waals surface area contributed by atoms with Crippen molar-refractivity contribution in [3.8, 4) is 5.69 Å². The van der Waals surface area contributed by atoms with Crippen LogP contribution in [0.4, 0.5) is 5.69 Å².